The third kappa shape index (κ3) is 1.33. The zero-order valence-corrected chi connectivity index (χ0v) is 7.27. The lowest BCUT2D eigenvalue weighted by Gasteiger charge is -2.01. The highest BCUT2D eigenvalue weighted by Gasteiger charge is 2.17. The van der Waals surface area contributed by atoms with Crippen LogP contribution in [0.5, 0.6) is 0 Å². The maximum Gasteiger partial charge on any atom is 0.232 e. The molecule has 1 unspecified atom stereocenters. The largest absolute Gasteiger partial charge is 0.437 e. The van der Waals surface area contributed by atoms with E-state index < -0.39 is 6.10 Å². The first-order valence-electron chi connectivity index (χ1n) is 4.06. The quantitative estimate of drug-likeness (QED) is 0.483. The lowest BCUT2D eigenvalue weighted by Crippen LogP contribution is -2.20. The second-order valence-corrected chi connectivity index (χ2v) is 2.88. The van der Waals surface area contributed by atoms with Gasteiger partial charge in [-0.2, -0.15) is 0 Å². The van der Waals surface area contributed by atoms with E-state index in [1.165, 1.54) is 0 Å². The number of nitrogens with zero attached hydrogens (tertiary/aromatic N) is 1. The Balaban J connectivity index is 2.50. The minimum absolute atomic E-state index is 0.0544. The van der Waals surface area contributed by atoms with Crippen LogP contribution in [0.25, 0.3) is 11.1 Å². The Labute approximate surface area is 79.7 Å². The highest BCUT2D eigenvalue weighted by atomic mass is 16.4. The molecule has 4 N–H and O–H groups in total. The van der Waals surface area contributed by atoms with E-state index in [0.29, 0.717) is 11.1 Å². The van der Waals surface area contributed by atoms with Crippen LogP contribution < -0.4 is 5.73 Å². The Morgan fingerprint density at radius 1 is 1.50 bits per heavy atom. The molecule has 0 aliphatic carbocycles. The van der Waals surface area contributed by atoms with Gasteiger partial charge in [0.05, 0.1) is 0 Å². The monoisotopic (exact) mass is 191 g/mol. The number of aliphatic hydroxyl groups is 1. The predicted molar refractivity (Wildman–Crippen MR) is 50.9 cm³/mol. The first-order valence-corrected chi connectivity index (χ1v) is 4.06. The minimum atomic E-state index is -1.26. The summed E-state index contributed by atoms with van der Waals surface area (Å²) in [7, 11) is 0. The third-order valence-electron chi connectivity index (χ3n) is 1.84. The molecule has 0 bridgehead atoms. The molecule has 0 radical (unpaired) electrons. The summed E-state index contributed by atoms with van der Waals surface area (Å²) >= 11 is 0. The Morgan fingerprint density at radius 3 is 2.86 bits per heavy atom. The van der Waals surface area contributed by atoms with Crippen molar-refractivity contribution in [3.8, 4) is 0 Å². The van der Waals surface area contributed by atoms with Gasteiger partial charge >= 0.3 is 0 Å². The Hall–Kier alpha value is -1.88. The number of fused-ring (bicyclic) bond motifs is 1. The lowest BCUT2D eigenvalue weighted by molar-refractivity contribution is 0.209. The van der Waals surface area contributed by atoms with Crippen molar-refractivity contribution in [1.82, 2.24) is 4.98 Å². The average Bonchev–Trinajstić information content (AvgIpc) is 2.59. The van der Waals surface area contributed by atoms with E-state index in [-0.39, 0.29) is 11.7 Å². The molecule has 72 valence electrons. The Bertz CT molecular complexity index is 445. The van der Waals surface area contributed by atoms with Gasteiger partial charge in [0.2, 0.25) is 5.89 Å². The molecular formula is C9H9N3O2. The molecule has 1 atom stereocenters. The van der Waals surface area contributed by atoms with Crippen LogP contribution in [0.4, 0.5) is 0 Å². The van der Waals surface area contributed by atoms with Crippen molar-refractivity contribution in [2.24, 2.45) is 5.73 Å². The normalized spacial score (nSPS) is 12.9. The molecule has 2 rings (SSSR count). The number of oxazole rings is 1. The fraction of sp³-hybridized carbons (Fsp3) is 0.111. The van der Waals surface area contributed by atoms with Gasteiger partial charge in [0, 0.05) is 0 Å². The predicted octanol–water partition coefficient (Wildman–Crippen LogP) is 0.797. The number of para-hydroxylation sites is 2. The topological polar surface area (TPSA) is 96.1 Å². The summed E-state index contributed by atoms with van der Waals surface area (Å²) in [4.78, 5) is 4.00. The Kier molecular flexibility index (Phi) is 1.94. The van der Waals surface area contributed by atoms with Crippen molar-refractivity contribution in [3.05, 3.63) is 30.2 Å². The molecule has 2 aromatic rings. The summed E-state index contributed by atoms with van der Waals surface area (Å²) in [5.41, 5.74) is 6.34. The summed E-state index contributed by atoms with van der Waals surface area (Å²) in [5.74, 6) is -0.324. The van der Waals surface area contributed by atoms with Gasteiger partial charge in [-0.05, 0) is 12.1 Å². The van der Waals surface area contributed by atoms with Crippen LogP contribution in [0.1, 0.15) is 12.0 Å². The van der Waals surface area contributed by atoms with Gasteiger partial charge in [0.25, 0.3) is 0 Å². The molecule has 1 aromatic carbocycles. The first-order chi connectivity index (χ1) is 6.68. The lowest BCUT2D eigenvalue weighted by atomic mass is 10.3. The van der Waals surface area contributed by atoms with Crippen LogP contribution >= 0.6 is 0 Å². The summed E-state index contributed by atoms with van der Waals surface area (Å²) in [5, 5.41) is 16.4. The highest BCUT2D eigenvalue weighted by molar-refractivity contribution is 5.82. The van der Waals surface area contributed by atoms with E-state index >= 15 is 0 Å². The third-order valence-corrected chi connectivity index (χ3v) is 1.84. The minimum Gasteiger partial charge on any atom is -0.437 e. The van der Waals surface area contributed by atoms with Crippen LogP contribution in [0.2, 0.25) is 0 Å². The van der Waals surface area contributed by atoms with Gasteiger partial charge in [-0.15, -0.1) is 0 Å². The number of amidine groups is 1. The van der Waals surface area contributed by atoms with Gasteiger partial charge in [0.15, 0.2) is 11.7 Å². The number of nitrogens with one attached hydrogen (secondary N) is 1. The number of hydrogen-bond acceptors (Lipinski definition) is 4. The fourth-order valence-corrected chi connectivity index (χ4v) is 1.14. The van der Waals surface area contributed by atoms with Crippen molar-refractivity contribution < 1.29 is 9.52 Å². The number of nitrogens with two attached hydrogens (primary N) is 1. The maximum absolute atomic E-state index is 9.39. The van der Waals surface area contributed by atoms with E-state index in [1.54, 1.807) is 18.2 Å². The molecule has 0 saturated carbocycles. The van der Waals surface area contributed by atoms with Crippen LogP contribution in [0.15, 0.2) is 28.7 Å². The summed E-state index contributed by atoms with van der Waals surface area (Å²) < 4.78 is 5.21. The van der Waals surface area contributed by atoms with Crippen molar-refractivity contribution in [1.29, 1.82) is 5.41 Å². The molecule has 0 aliphatic rings. The highest BCUT2D eigenvalue weighted by Crippen LogP contribution is 2.19. The zero-order valence-electron chi connectivity index (χ0n) is 7.27. The van der Waals surface area contributed by atoms with E-state index in [2.05, 4.69) is 4.98 Å². The van der Waals surface area contributed by atoms with E-state index in [4.69, 9.17) is 15.6 Å². The molecule has 0 amide bonds. The van der Waals surface area contributed by atoms with Gasteiger partial charge < -0.3 is 15.3 Å². The molecule has 5 nitrogen and oxygen atoms in total. The summed E-state index contributed by atoms with van der Waals surface area (Å²) in [6.45, 7) is 0. The Morgan fingerprint density at radius 2 is 2.21 bits per heavy atom. The second kappa shape index (κ2) is 3.12. The van der Waals surface area contributed by atoms with Gasteiger partial charge in [-0.25, -0.2) is 4.98 Å². The first kappa shape index (κ1) is 8.71. The van der Waals surface area contributed by atoms with Crippen LogP contribution in [-0.4, -0.2) is 15.9 Å². The summed E-state index contributed by atoms with van der Waals surface area (Å²) in [6, 6.07) is 7.11. The van der Waals surface area contributed by atoms with Crippen LogP contribution in [0.3, 0.4) is 0 Å². The molecular weight excluding hydrogens is 182 g/mol. The molecule has 0 spiro atoms. The van der Waals surface area contributed by atoms with Crippen LogP contribution in [-0.2, 0) is 0 Å². The molecule has 1 aromatic heterocycles. The van der Waals surface area contributed by atoms with Gasteiger partial charge in [0.1, 0.15) is 11.4 Å². The molecule has 1 heterocycles. The number of rotatable bonds is 2. The zero-order chi connectivity index (χ0) is 10.1. The SMILES string of the molecule is N=C(N)C(O)c1nc2ccccc2o1. The van der Waals surface area contributed by atoms with E-state index in [0.717, 1.165) is 0 Å². The number of aromatic nitrogens is 1. The molecule has 14 heavy (non-hydrogen) atoms. The molecule has 5 heteroatoms. The molecule has 0 aliphatic heterocycles. The average molecular weight is 191 g/mol. The van der Waals surface area contributed by atoms with Crippen LogP contribution in [0, 0.1) is 5.41 Å². The summed E-state index contributed by atoms with van der Waals surface area (Å²) in [6.07, 6.45) is -1.26. The van der Waals surface area contributed by atoms with Crippen molar-refractivity contribution in [3.63, 3.8) is 0 Å². The number of aliphatic hydroxyl groups excluding tert-OH is 1. The molecule has 0 saturated heterocycles. The van der Waals surface area contributed by atoms with Crippen molar-refractivity contribution in [2.45, 2.75) is 6.10 Å². The van der Waals surface area contributed by atoms with Gasteiger partial charge in [-0.1, -0.05) is 12.1 Å². The number of benzene rings is 1. The van der Waals surface area contributed by atoms with Crippen molar-refractivity contribution >= 4 is 16.9 Å². The van der Waals surface area contributed by atoms with Crippen molar-refractivity contribution in [2.75, 3.05) is 0 Å². The van der Waals surface area contributed by atoms with E-state index in [9.17, 15) is 5.11 Å². The smallest absolute Gasteiger partial charge is 0.232 e. The maximum atomic E-state index is 9.39. The second-order valence-electron chi connectivity index (χ2n) is 2.88. The van der Waals surface area contributed by atoms with Gasteiger partial charge in [-0.3, -0.25) is 5.41 Å². The van der Waals surface area contributed by atoms with E-state index in [1.807, 2.05) is 6.07 Å². The number of hydrogen-bond donors (Lipinski definition) is 3. The fourth-order valence-electron chi connectivity index (χ4n) is 1.14. The molecule has 0 fully saturated rings. The standard InChI is InChI=1S/C9H9N3O2/c10-8(11)7(13)9-12-5-3-1-2-4-6(5)14-9/h1-4,7,13H,(H3,10,11).